The minimum Gasteiger partial charge on any atom is -0.388 e. The standard InChI is InChI=1S/C14H12F3NO/c1-8(9-2-4-18-5-3-9)14(19)10-6-11(15)13(17)12(16)7-10/h2-8,14,19H,1H3. The van der Waals surface area contributed by atoms with Gasteiger partial charge in [0.1, 0.15) is 0 Å². The third-order valence-electron chi connectivity index (χ3n) is 3.05. The van der Waals surface area contributed by atoms with Gasteiger partial charge in [0.15, 0.2) is 17.5 Å². The summed E-state index contributed by atoms with van der Waals surface area (Å²) in [7, 11) is 0. The summed E-state index contributed by atoms with van der Waals surface area (Å²) < 4.78 is 39.1. The zero-order valence-electron chi connectivity index (χ0n) is 10.1. The predicted molar refractivity (Wildman–Crippen MR) is 63.9 cm³/mol. The fourth-order valence-corrected chi connectivity index (χ4v) is 1.88. The number of aromatic nitrogens is 1. The molecule has 0 saturated carbocycles. The van der Waals surface area contributed by atoms with Gasteiger partial charge in [0, 0.05) is 18.3 Å². The van der Waals surface area contributed by atoms with Gasteiger partial charge >= 0.3 is 0 Å². The van der Waals surface area contributed by atoms with Gasteiger partial charge in [-0.1, -0.05) is 6.92 Å². The third-order valence-corrected chi connectivity index (χ3v) is 3.05. The van der Waals surface area contributed by atoms with Gasteiger partial charge in [-0.2, -0.15) is 0 Å². The van der Waals surface area contributed by atoms with Crippen LogP contribution in [0.15, 0.2) is 36.7 Å². The van der Waals surface area contributed by atoms with E-state index in [2.05, 4.69) is 4.98 Å². The largest absolute Gasteiger partial charge is 0.388 e. The molecule has 1 aromatic carbocycles. The Balaban J connectivity index is 2.32. The first-order valence-electron chi connectivity index (χ1n) is 5.73. The van der Waals surface area contributed by atoms with Crippen molar-refractivity contribution in [3.8, 4) is 0 Å². The van der Waals surface area contributed by atoms with Gasteiger partial charge in [0.2, 0.25) is 0 Å². The van der Waals surface area contributed by atoms with E-state index in [-0.39, 0.29) is 5.56 Å². The topological polar surface area (TPSA) is 33.1 Å². The summed E-state index contributed by atoms with van der Waals surface area (Å²) in [5, 5.41) is 10.1. The number of benzene rings is 1. The number of hydrogen-bond acceptors (Lipinski definition) is 2. The number of nitrogens with zero attached hydrogens (tertiary/aromatic N) is 1. The van der Waals surface area contributed by atoms with Crippen molar-refractivity contribution in [3.63, 3.8) is 0 Å². The number of aliphatic hydroxyl groups is 1. The second-order valence-corrected chi connectivity index (χ2v) is 4.31. The van der Waals surface area contributed by atoms with E-state index in [1.165, 1.54) is 0 Å². The lowest BCUT2D eigenvalue weighted by Crippen LogP contribution is -2.09. The number of halogens is 3. The normalized spacial score (nSPS) is 14.2. The fourth-order valence-electron chi connectivity index (χ4n) is 1.88. The van der Waals surface area contributed by atoms with E-state index in [1.54, 1.807) is 31.5 Å². The summed E-state index contributed by atoms with van der Waals surface area (Å²) in [6.45, 7) is 1.71. The highest BCUT2D eigenvalue weighted by molar-refractivity contribution is 5.26. The molecule has 19 heavy (non-hydrogen) atoms. The lowest BCUT2D eigenvalue weighted by atomic mass is 9.91. The summed E-state index contributed by atoms with van der Waals surface area (Å²) in [5.41, 5.74) is 0.772. The van der Waals surface area contributed by atoms with E-state index in [1.807, 2.05) is 0 Å². The molecule has 0 spiro atoms. The molecule has 0 aliphatic rings. The molecule has 5 heteroatoms. The van der Waals surface area contributed by atoms with E-state index in [4.69, 9.17) is 0 Å². The second-order valence-electron chi connectivity index (χ2n) is 4.31. The Hall–Kier alpha value is -1.88. The van der Waals surface area contributed by atoms with Crippen LogP contribution in [0.1, 0.15) is 30.1 Å². The van der Waals surface area contributed by atoms with E-state index in [0.717, 1.165) is 17.7 Å². The quantitative estimate of drug-likeness (QED) is 0.865. The van der Waals surface area contributed by atoms with Gasteiger partial charge in [-0.05, 0) is 35.4 Å². The highest BCUT2D eigenvalue weighted by Gasteiger charge is 2.21. The molecule has 0 fully saturated rings. The molecular formula is C14H12F3NO. The molecule has 1 heterocycles. The van der Waals surface area contributed by atoms with Crippen molar-refractivity contribution >= 4 is 0 Å². The molecule has 1 aromatic heterocycles. The van der Waals surface area contributed by atoms with Gasteiger partial charge in [-0.25, -0.2) is 13.2 Å². The summed E-state index contributed by atoms with van der Waals surface area (Å²) in [5.74, 6) is -4.55. The van der Waals surface area contributed by atoms with Crippen molar-refractivity contribution in [1.82, 2.24) is 4.98 Å². The SMILES string of the molecule is CC(c1ccncc1)C(O)c1cc(F)c(F)c(F)c1. The molecule has 2 atom stereocenters. The minimum atomic E-state index is -1.53. The second kappa shape index (κ2) is 5.40. The molecular weight excluding hydrogens is 255 g/mol. The minimum absolute atomic E-state index is 0.000659. The van der Waals surface area contributed by atoms with Crippen LogP contribution in [0.5, 0.6) is 0 Å². The Kier molecular flexibility index (Phi) is 3.85. The molecule has 1 N–H and O–H groups in total. The van der Waals surface area contributed by atoms with Crippen molar-refractivity contribution in [2.75, 3.05) is 0 Å². The average Bonchev–Trinajstić information content (AvgIpc) is 2.43. The van der Waals surface area contributed by atoms with Crippen LogP contribution < -0.4 is 0 Å². The summed E-state index contributed by atoms with van der Waals surface area (Å²) in [6.07, 6.45) is 1.99. The van der Waals surface area contributed by atoms with Crippen LogP contribution in [0.25, 0.3) is 0 Å². The number of rotatable bonds is 3. The first kappa shape index (κ1) is 13.5. The molecule has 100 valence electrons. The van der Waals surface area contributed by atoms with Crippen molar-refractivity contribution in [2.24, 2.45) is 0 Å². The lowest BCUT2D eigenvalue weighted by molar-refractivity contribution is 0.150. The number of hydrogen-bond donors (Lipinski definition) is 1. The summed E-state index contributed by atoms with van der Waals surface area (Å²) in [6, 6.07) is 5.01. The highest BCUT2D eigenvalue weighted by atomic mass is 19.2. The third kappa shape index (κ3) is 2.76. The zero-order valence-corrected chi connectivity index (χ0v) is 10.1. The molecule has 0 radical (unpaired) electrons. The van der Waals surface area contributed by atoms with Gasteiger partial charge in [-0.3, -0.25) is 4.98 Å². The smallest absolute Gasteiger partial charge is 0.194 e. The monoisotopic (exact) mass is 267 g/mol. The van der Waals surface area contributed by atoms with Crippen molar-refractivity contribution < 1.29 is 18.3 Å². The molecule has 0 aliphatic heterocycles. The average molecular weight is 267 g/mol. The molecule has 2 unspecified atom stereocenters. The Morgan fingerprint density at radius 2 is 1.53 bits per heavy atom. The Labute approximate surface area is 108 Å². The fraction of sp³-hybridized carbons (Fsp3) is 0.214. The lowest BCUT2D eigenvalue weighted by Gasteiger charge is -2.19. The van der Waals surface area contributed by atoms with Crippen molar-refractivity contribution in [2.45, 2.75) is 18.9 Å². The maximum atomic E-state index is 13.1. The molecule has 2 rings (SSSR count). The van der Waals surface area contributed by atoms with Gasteiger partial charge in [-0.15, -0.1) is 0 Å². The molecule has 0 amide bonds. The van der Waals surface area contributed by atoms with Crippen LogP contribution in [0.4, 0.5) is 13.2 Å². The van der Waals surface area contributed by atoms with Gasteiger partial charge in [0.05, 0.1) is 6.10 Å². The summed E-state index contributed by atoms with van der Waals surface area (Å²) >= 11 is 0. The maximum Gasteiger partial charge on any atom is 0.194 e. The van der Waals surface area contributed by atoms with Gasteiger partial charge < -0.3 is 5.11 Å². The van der Waals surface area contributed by atoms with E-state index in [9.17, 15) is 18.3 Å². The first-order valence-corrected chi connectivity index (χ1v) is 5.73. The zero-order chi connectivity index (χ0) is 14.0. The van der Waals surface area contributed by atoms with E-state index in [0.29, 0.717) is 0 Å². The Morgan fingerprint density at radius 3 is 2.05 bits per heavy atom. The van der Waals surface area contributed by atoms with Crippen LogP contribution in [0, 0.1) is 17.5 Å². The number of aliphatic hydroxyl groups excluding tert-OH is 1. The molecule has 0 saturated heterocycles. The van der Waals surface area contributed by atoms with Crippen LogP contribution in [-0.4, -0.2) is 10.1 Å². The Bertz CT molecular complexity index is 551. The molecule has 2 aromatic rings. The van der Waals surface area contributed by atoms with E-state index >= 15 is 0 Å². The van der Waals surface area contributed by atoms with Crippen LogP contribution in [-0.2, 0) is 0 Å². The van der Waals surface area contributed by atoms with Crippen LogP contribution >= 0.6 is 0 Å². The van der Waals surface area contributed by atoms with Gasteiger partial charge in [0.25, 0.3) is 0 Å². The predicted octanol–water partition coefficient (Wildman–Crippen LogP) is 3.34. The first-order chi connectivity index (χ1) is 9.00. The number of pyridine rings is 1. The maximum absolute atomic E-state index is 13.1. The molecule has 0 aliphatic carbocycles. The molecule has 2 nitrogen and oxygen atoms in total. The van der Waals surface area contributed by atoms with Crippen molar-refractivity contribution in [3.05, 3.63) is 65.2 Å². The van der Waals surface area contributed by atoms with Crippen LogP contribution in [0.3, 0.4) is 0 Å². The van der Waals surface area contributed by atoms with Crippen LogP contribution in [0.2, 0.25) is 0 Å². The van der Waals surface area contributed by atoms with Crippen molar-refractivity contribution in [1.29, 1.82) is 0 Å². The Morgan fingerprint density at radius 1 is 1.00 bits per heavy atom. The van der Waals surface area contributed by atoms with E-state index < -0.39 is 29.5 Å². The molecule has 0 bridgehead atoms. The summed E-state index contributed by atoms with van der Waals surface area (Å²) in [4.78, 5) is 3.85. The highest BCUT2D eigenvalue weighted by Crippen LogP contribution is 2.31.